The zero-order chi connectivity index (χ0) is 26.5. The van der Waals surface area contributed by atoms with Gasteiger partial charge in [-0.3, -0.25) is 24.7 Å². The zero-order valence-electron chi connectivity index (χ0n) is 21.3. The van der Waals surface area contributed by atoms with Gasteiger partial charge in [0.2, 0.25) is 5.91 Å². The smallest absolute Gasteiger partial charge is 0.325 e. The van der Waals surface area contributed by atoms with Gasteiger partial charge in [0.05, 0.1) is 13.5 Å². The maximum absolute atomic E-state index is 13.3. The van der Waals surface area contributed by atoms with Crippen molar-refractivity contribution in [1.29, 1.82) is 5.41 Å². The van der Waals surface area contributed by atoms with Crippen LogP contribution in [0.2, 0.25) is 0 Å². The van der Waals surface area contributed by atoms with Gasteiger partial charge in [-0.15, -0.1) is 0 Å². The van der Waals surface area contributed by atoms with Crippen molar-refractivity contribution in [3.63, 3.8) is 0 Å². The molecule has 1 aliphatic heterocycles. The van der Waals surface area contributed by atoms with Crippen LogP contribution in [0, 0.1) is 28.6 Å². The molecule has 198 valence electrons. The lowest BCUT2D eigenvalue weighted by molar-refractivity contribution is -0.146. The van der Waals surface area contributed by atoms with Crippen molar-refractivity contribution >= 4 is 29.7 Å². The number of carbonyl (C=O) groups is 4. The Hall–Kier alpha value is -3.43. The summed E-state index contributed by atoms with van der Waals surface area (Å²) in [6, 6.07) is 5.45. The Morgan fingerprint density at radius 1 is 1.14 bits per heavy atom. The molecule has 5 aliphatic rings. The molecule has 10 heteroatoms. The fourth-order valence-electron chi connectivity index (χ4n) is 7.68. The second-order valence-corrected chi connectivity index (χ2v) is 11.6. The summed E-state index contributed by atoms with van der Waals surface area (Å²) in [5, 5.41) is 13.3. The third-order valence-corrected chi connectivity index (χ3v) is 9.11. The first-order valence-electron chi connectivity index (χ1n) is 13.0. The van der Waals surface area contributed by atoms with E-state index in [0.717, 1.165) is 24.2 Å². The summed E-state index contributed by atoms with van der Waals surface area (Å²) in [4.78, 5) is 52.7. The number of imide groups is 1. The molecule has 4 saturated carbocycles. The number of nitrogen functional groups attached to an aromatic ring is 1. The highest BCUT2D eigenvalue weighted by Gasteiger charge is 2.55. The van der Waals surface area contributed by atoms with E-state index in [4.69, 9.17) is 15.9 Å². The molecule has 1 heterocycles. The van der Waals surface area contributed by atoms with E-state index in [1.165, 1.54) is 26.4 Å². The number of rotatable bonds is 8. The van der Waals surface area contributed by atoms with Crippen LogP contribution in [0.15, 0.2) is 24.3 Å². The SMILES string of the molecule is COC(=O)CC(NC(=O)CN1C(=O)NC(C)(c2ccc(C(=N)N)cc2)C1=O)C12CC3CC(CC(C3)C1)C2. The van der Waals surface area contributed by atoms with E-state index in [0.29, 0.717) is 28.9 Å². The van der Waals surface area contributed by atoms with Gasteiger partial charge in [0.25, 0.3) is 5.91 Å². The average Bonchev–Trinajstić information content (AvgIpc) is 3.06. The summed E-state index contributed by atoms with van der Waals surface area (Å²) in [7, 11) is 1.35. The van der Waals surface area contributed by atoms with Crippen LogP contribution in [-0.4, -0.2) is 54.2 Å². The quantitative estimate of drug-likeness (QED) is 0.182. The van der Waals surface area contributed by atoms with E-state index in [1.54, 1.807) is 31.2 Å². The van der Waals surface area contributed by atoms with E-state index >= 15 is 0 Å². The Morgan fingerprint density at radius 3 is 2.22 bits per heavy atom. The lowest BCUT2D eigenvalue weighted by atomic mass is 9.47. The van der Waals surface area contributed by atoms with Gasteiger partial charge in [0, 0.05) is 11.6 Å². The number of nitrogens with two attached hydrogens (primary N) is 1. The molecular weight excluding hydrogens is 474 g/mol. The number of esters is 1. The standard InChI is InChI=1S/C27H35N5O5/c1-26(19-5-3-18(4-6-19)23(28)29)24(35)32(25(36)31-26)14-21(33)30-20(10-22(34)37-2)27-11-15-7-16(12-27)9-17(8-15)13-27/h3-6,15-17,20H,7-14H2,1-2H3,(H3,28,29)(H,30,33)(H,31,36). The lowest BCUT2D eigenvalue weighted by Gasteiger charge is -2.59. The number of nitrogens with one attached hydrogen (secondary N) is 3. The van der Waals surface area contributed by atoms with Crippen molar-refractivity contribution in [3.8, 4) is 0 Å². The predicted octanol–water partition coefficient (Wildman–Crippen LogP) is 2.00. The molecule has 37 heavy (non-hydrogen) atoms. The number of amides is 4. The number of hydrogen-bond acceptors (Lipinski definition) is 6. The van der Waals surface area contributed by atoms with Crippen molar-refractivity contribution in [2.75, 3.05) is 13.7 Å². The third kappa shape index (κ3) is 4.46. The van der Waals surface area contributed by atoms with Gasteiger partial charge < -0.3 is 21.1 Å². The van der Waals surface area contributed by atoms with Crippen molar-refractivity contribution in [2.45, 2.75) is 63.5 Å². The molecule has 4 amide bonds. The summed E-state index contributed by atoms with van der Waals surface area (Å²) in [6.07, 6.45) is 6.72. The highest BCUT2D eigenvalue weighted by Crippen LogP contribution is 2.61. The molecule has 4 bridgehead atoms. The summed E-state index contributed by atoms with van der Waals surface area (Å²) in [5.41, 5.74) is 5.04. The predicted molar refractivity (Wildman–Crippen MR) is 134 cm³/mol. The molecule has 2 unspecified atom stereocenters. The first-order chi connectivity index (χ1) is 17.5. The van der Waals surface area contributed by atoms with Crippen LogP contribution in [0.3, 0.4) is 0 Å². The van der Waals surface area contributed by atoms with Crippen LogP contribution in [0.25, 0.3) is 0 Å². The van der Waals surface area contributed by atoms with Gasteiger partial charge in [-0.25, -0.2) is 4.79 Å². The van der Waals surface area contributed by atoms with Crippen molar-refractivity contribution in [2.24, 2.45) is 28.9 Å². The molecule has 1 saturated heterocycles. The Labute approximate surface area is 216 Å². The van der Waals surface area contributed by atoms with Crippen LogP contribution in [0.1, 0.15) is 63.0 Å². The maximum Gasteiger partial charge on any atom is 0.325 e. The molecular formula is C27H35N5O5. The van der Waals surface area contributed by atoms with Crippen LogP contribution in [-0.2, 0) is 24.7 Å². The number of benzene rings is 1. The van der Waals surface area contributed by atoms with E-state index in [1.807, 2.05) is 0 Å². The average molecular weight is 510 g/mol. The Kier molecular flexibility index (Phi) is 6.24. The molecule has 6 rings (SSSR count). The third-order valence-electron chi connectivity index (χ3n) is 9.11. The topological polar surface area (TPSA) is 155 Å². The second kappa shape index (κ2) is 9.15. The van der Waals surface area contributed by atoms with Crippen molar-refractivity contribution < 1.29 is 23.9 Å². The number of methoxy groups -OCH3 is 1. The molecule has 10 nitrogen and oxygen atoms in total. The summed E-state index contributed by atoms with van der Waals surface area (Å²) >= 11 is 0. The van der Waals surface area contributed by atoms with Gasteiger partial charge in [-0.2, -0.15) is 0 Å². The molecule has 0 spiro atoms. The van der Waals surface area contributed by atoms with Gasteiger partial charge in [0.15, 0.2) is 0 Å². The van der Waals surface area contributed by atoms with Crippen LogP contribution >= 0.6 is 0 Å². The monoisotopic (exact) mass is 509 g/mol. The Morgan fingerprint density at radius 2 is 1.70 bits per heavy atom. The number of ether oxygens (including phenoxy) is 1. The highest BCUT2D eigenvalue weighted by atomic mass is 16.5. The number of hydrogen-bond donors (Lipinski definition) is 4. The number of urea groups is 1. The molecule has 4 aliphatic carbocycles. The number of nitrogens with zero attached hydrogens (tertiary/aromatic N) is 1. The van der Waals surface area contributed by atoms with Gasteiger partial charge >= 0.3 is 12.0 Å². The summed E-state index contributed by atoms with van der Waals surface area (Å²) in [6.45, 7) is 1.15. The minimum absolute atomic E-state index is 0.0781. The molecule has 1 aromatic carbocycles. The number of carbonyl (C=O) groups excluding carboxylic acids is 4. The minimum Gasteiger partial charge on any atom is -0.469 e. The maximum atomic E-state index is 13.3. The number of amidine groups is 1. The fourth-order valence-corrected chi connectivity index (χ4v) is 7.68. The minimum atomic E-state index is -1.35. The molecule has 0 aromatic heterocycles. The first-order valence-corrected chi connectivity index (χ1v) is 13.0. The summed E-state index contributed by atoms with van der Waals surface area (Å²) < 4.78 is 4.95. The van der Waals surface area contributed by atoms with Crippen LogP contribution in [0.5, 0.6) is 0 Å². The molecule has 0 radical (unpaired) electrons. The molecule has 5 fully saturated rings. The van der Waals surface area contributed by atoms with E-state index in [-0.39, 0.29) is 23.6 Å². The normalized spacial score (nSPS) is 32.7. The van der Waals surface area contributed by atoms with E-state index < -0.39 is 36.0 Å². The Balaban J connectivity index is 1.31. The first kappa shape index (κ1) is 25.2. The largest absolute Gasteiger partial charge is 0.469 e. The van der Waals surface area contributed by atoms with Crippen LogP contribution in [0.4, 0.5) is 4.79 Å². The zero-order valence-corrected chi connectivity index (χ0v) is 21.3. The van der Waals surface area contributed by atoms with Crippen molar-refractivity contribution in [1.82, 2.24) is 15.5 Å². The molecule has 1 aromatic rings. The summed E-state index contributed by atoms with van der Waals surface area (Å²) in [5.74, 6) is 0.403. The molecule has 2 atom stereocenters. The van der Waals surface area contributed by atoms with Gasteiger partial charge in [-0.1, -0.05) is 24.3 Å². The Bertz CT molecular complexity index is 1110. The van der Waals surface area contributed by atoms with Gasteiger partial charge in [-0.05, 0) is 74.2 Å². The highest BCUT2D eigenvalue weighted by molar-refractivity contribution is 6.09. The van der Waals surface area contributed by atoms with Gasteiger partial charge in [0.1, 0.15) is 17.9 Å². The second-order valence-electron chi connectivity index (χ2n) is 11.6. The molecule has 5 N–H and O–H groups in total. The van der Waals surface area contributed by atoms with E-state index in [9.17, 15) is 19.2 Å². The van der Waals surface area contributed by atoms with Crippen molar-refractivity contribution in [3.05, 3.63) is 35.4 Å². The van der Waals surface area contributed by atoms with E-state index in [2.05, 4.69) is 10.6 Å². The lowest BCUT2D eigenvalue weighted by Crippen LogP contribution is -2.58. The van der Waals surface area contributed by atoms with Crippen LogP contribution < -0.4 is 16.4 Å². The fraction of sp³-hybridized carbons (Fsp3) is 0.593.